The predicted molar refractivity (Wildman–Crippen MR) is 73.8 cm³/mol. The zero-order valence-electron chi connectivity index (χ0n) is 11.1. The van der Waals surface area contributed by atoms with Gasteiger partial charge in [-0.2, -0.15) is 0 Å². The van der Waals surface area contributed by atoms with Crippen LogP contribution >= 0.6 is 0 Å². The second-order valence-corrected chi connectivity index (χ2v) is 5.34. The molecule has 100 valence electrons. The summed E-state index contributed by atoms with van der Waals surface area (Å²) in [5.74, 6) is 1.52. The van der Waals surface area contributed by atoms with Crippen LogP contribution < -0.4 is 0 Å². The van der Waals surface area contributed by atoms with E-state index in [1.54, 1.807) is 12.4 Å². The van der Waals surface area contributed by atoms with Crippen LogP contribution in [0.25, 0.3) is 11.3 Å². The number of aliphatic hydroxyl groups excluding tert-OH is 1. The predicted octanol–water partition coefficient (Wildman–Crippen LogP) is 2.80. The molecule has 1 fully saturated rings. The molecule has 0 bridgehead atoms. The first-order valence-corrected chi connectivity index (χ1v) is 6.89. The fourth-order valence-electron chi connectivity index (χ4n) is 2.82. The van der Waals surface area contributed by atoms with Crippen LogP contribution in [-0.4, -0.2) is 26.2 Å². The molecule has 1 aliphatic carbocycles. The van der Waals surface area contributed by atoms with E-state index in [0.717, 1.165) is 48.5 Å². The summed E-state index contributed by atoms with van der Waals surface area (Å²) in [5, 5.41) is 9.57. The number of nitrogens with one attached hydrogen (secondary N) is 1. The molecule has 0 spiro atoms. The summed E-state index contributed by atoms with van der Waals surface area (Å²) < 4.78 is 0. The van der Waals surface area contributed by atoms with Crippen molar-refractivity contribution in [1.29, 1.82) is 0 Å². The van der Waals surface area contributed by atoms with Crippen molar-refractivity contribution in [2.75, 3.05) is 0 Å². The maximum atomic E-state index is 9.57. The molecule has 2 aromatic heterocycles. The van der Waals surface area contributed by atoms with E-state index < -0.39 is 0 Å². The van der Waals surface area contributed by atoms with Crippen molar-refractivity contribution in [3.05, 3.63) is 36.0 Å². The van der Waals surface area contributed by atoms with E-state index in [2.05, 4.69) is 16.9 Å². The zero-order valence-corrected chi connectivity index (χ0v) is 11.1. The van der Waals surface area contributed by atoms with Crippen molar-refractivity contribution in [2.24, 2.45) is 0 Å². The molecule has 4 heteroatoms. The summed E-state index contributed by atoms with van der Waals surface area (Å²) in [6.45, 7) is 2.06. The Labute approximate surface area is 112 Å². The average Bonchev–Trinajstić information content (AvgIpc) is 2.83. The number of rotatable bonds is 2. The summed E-state index contributed by atoms with van der Waals surface area (Å²) in [6.07, 6.45) is 7.27. The quantitative estimate of drug-likeness (QED) is 0.869. The summed E-state index contributed by atoms with van der Waals surface area (Å²) >= 11 is 0. The summed E-state index contributed by atoms with van der Waals surface area (Å²) in [6, 6.07) is 3.97. The lowest BCUT2D eigenvalue weighted by Gasteiger charge is -2.23. The van der Waals surface area contributed by atoms with Crippen molar-refractivity contribution in [2.45, 2.75) is 44.6 Å². The minimum Gasteiger partial charge on any atom is -0.393 e. The number of aliphatic hydroxyl groups is 1. The van der Waals surface area contributed by atoms with Gasteiger partial charge in [0.05, 0.1) is 11.8 Å². The van der Waals surface area contributed by atoms with Gasteiger partial charge in [-0.3, -0.25) is 4.98 Å². The molecule has 4 nitrogen and oxygen atoms in total. The van der Waals surface area contributed by atoms with Crippen LogP contribution in [0, 0.1) is 6.92 Å². The van der Waals surface area contributed by atoms with Crippen LogP contribution in [0.5, 0.6) is 0 Å². The molecule has 0 atom stereocenters. The van der Waals surface area contributed by atoms with Crippen LogP contribution in [0.2, 0.25) is 0 Å². The Morgan fingerprint density at radius 3 is 2.53 bits per heavy atom. The van der Waals surface area contributed by atoms with Crippen LogP contribution in [0.4, 0.5) is 0 Å². The van der Waals surface area contributed by atoms with Crippen molar-refractivity contribution in [3.63, 3.8) is 0 Å². The minimum atomic E-state index is -0.119. The molecular formula is C15H19N3O. The van der Waals surface area contributed by atoms with E-state index in [-0.39, 0.29) is 6.10 Å². The maximum absolute atomic E-state index is 9.57. The van der Waals surface area contributed by atoms with Gasteiger partial charge in [-0.1, -0.05) is 0 Å². The number of hydrogen-bond acceptors (Lipinski definition) is 3. The van der Waals surface area contributed by atoms with Crippen LogP contribution in [0.1, 0.15) is 43.1 Å². The van der Waals surface area contributed by atoms with E-state index >= 15 is 0 Å². The van der Waals surface area contributed by atoms with Crippen molar-refractivity contribution in [3.8, 4) is 11.3 Å². The summed E-state index contributed by atoms with van der Waals surface area (Å²) in [5.41, 5.74) is 3.22. The first-order chi connectivity index (χ1) is 9.24. The monoisotopic (exact) mass is 257 g/mol. The number of aromatic nitrogens is 3. The van der Waals surface area contributed by atoms with E-state index in [1.165, 1.54) is 0 Å². The van der Waals surface area contributed by atoms with E-state index in [1.807, 2.05) is 12.1 Å². The Balaban J connectivity index is 1.85. The number of pyridine rings is 1. The van der Waals surface area contributed by atoms with Gasteiger partial charge < -0.3 is 10.1 Å². The Morgan fingerprint density at radius 2 is 1.84 bits per heavy atom. The Morgan fingerprint density at radius 1 is 1.16 bits per heavy atom. The van der Waals surface area contributed by atoms with Gasteiger partial charge in [0.25, 0.3) is 0 Å². The van der Waals surface area contributed by atoms with E-state index in [9.17, 15) is 5.11 Å². The van der Waals surface area contributed by atoms with E-state index in [0.29, 0.717) is 5.92 Å². The molecule has 0 aliphatic heterocycles. The average molecular weight is 257 g/mol. The van der Waals surface area contributed by atoms with Gasteiger partial charge in [-0.25, -0.2) is 4.98 Å². The fourth-order valence-corrected chi connectivity index (χ4v) is 2.82. The first-order valence-electron chi connectivity index (χ1n) is 6.89. The van der Waals surface area contributed by atoms with Gasteiger partial charge in [0.15, 0.2) is 0 Å². The van der Waals surface area contributed by atoms with Gasteiger partial charge in [-0.05, 0) is 44.7 Å². The zero-order chi connectivity index (χ0) is 13.2. The SMILES string of the molecule is Cc1[nH]c(C2CCC(O)CC2)nc1-c1ccncc1. The van der Waals surface area contributed by atoms with Crippen LogP contribution in [0.3, 0.4) is 0 Å². The standard InChI is InChI=1S/C15H19N3O/c1-10-14(11-6-8-16-9-7-11)18-15(17-10)12-2-4-13(19)5-3-12/h6-9,12-13,19H,2-5H2,1H3,(H,17,18). The van der Waals surface area contributed by atoms with Gasteiger partial charge >= 0.3 is 0 Å². The molecule has 0 amide bonds. The van der Waals surface area contributed by atoms with E-state index in [4.69, 9.17) is 4.98 Å². The first kappa shape index (κ1) is 12.4. The third-order valence-corrected chi connectivity index (χ3v) is 3.94. The normalized spacial score (nSPS) is 23.5. The highest BCUT2D eigenvalue weighted by molar-refractivity contribution is 5.61. The topological polar surface area (TPSA) is 61.8 Å². The number of aryl methyl sites for hydroxylation is 1. The van der Waals surface area contributed by atoms with Crippen molar-refractivity contribution >= 4 is 0 Å². The maximum Gasteiger partial charge on any atom is 0.110 e. The number of hydrogen-bond donors (Lipinski definition) is 2. The number of H-pyrrole nitrogens is 1. The molecular weight excluding hydrogens is 238 g/mol. The van der Waals surface area contributed by atoms with Crippen LogP contribution in [-0.2, 0) is 0 Å². The highest BCUT2D eigenvalue weighted by Crippen LogP contribution is 2.33. The largest absolute Gasteiger partial charge is 0.393 e. The molecule has 19 heavy (non-hydrogen) atoms. The second kappa shape index (κ2) is 5.13. The summed E-state index contributed by atoms with van der Waals surface area (Å²) in [4.78, 5) is 12.2. The highest BCUT2D eigenvalue weighted by atomic mass is 16.3. The van der Waals surface area contributed by atoms with Crippen LogP contribution in [0.15, 0.2) is 24.5 Å². The lowest BCUT2D eigenvalue weighted by molar-refractivity contribution is 0.121. The molecule has 1 aliphatic rings. The highest BCUT2D eigenvalue weighted by Gasteiger charge is 2.24. The van der Waals surface area contributed by atoms with Gasteiger partial charge in [0.1, 0.15) is 5.82 Å². The smallest absolute Gasteiger partial charge is 0.110 e. The summed E-state index contributed by atoms with van der Waals surface area (Å²) in [7, 11) is 0. The second-order valence-electron chi connectivity index (χ2n) is 5.34. The van der Waals surface area contributed by atoms with Gasteiger partial charge in [0, 0.05) is 29.6 Å². The number of nitrogens with zero attached hydrogens (tertiary/aromatic N) is 2. The Kier molecular flexibility index (Phi) is 3.34. The third kappa shape index (κ3) is 2.54. The lowest BCUT2D eigenvalue weighted by Crippen LogP contribution is -2.17. The van der Waals surface area contributed by atoms with Gasteiger partial charge in [-0.15, -0.1) is 0 Å². The Hall–Kier alpha value is -1.68. The van der Waals surface area contributed by atoms with Gasteiger partial charge in [0.2, 0.25) is 0 Å². The third-order valence-electron chi connectivity index (χ3n) is 3.94. The molecule has 0 aromatic carbocycles. The Bertz CT molecular complexity index is 542. The van der Waals surface area contributed by atoms with Crippen molar-refractivity contribution < 1.29 is 5.11 Å². The molecule has 1 saturated carbocycles. The molecule has 0 saturated heterocycles. The minimum absolute atomic E-state index is 0.119. The fraction of sp³-hybridized carbons (Fsp3) is 0.467. The molecule has 2 heterocycles. The lowest BCUT2D eigenvalue weighted by atomic mass is 9.87. The molecule has 3 rings (SSSR count). The molecule has 0 radical (unpaired) electrons. The number of aromatic amines is 1. The molecule has 0 unspecified atom stereocenters. The van der Waals surface area contributed by atoms with Crippen molar-refractivity contribution in [1.82, 2.24) is 15.0 Å². The molecule has 2 N–H and O–H groups in total. The number of imidazole rings is 1. The molecule has 2 aromatic rings.